The predicted octanol–water partition coefficient (Wildman–Crippen LogP) is 3.26. The highest BCUT2D eigenvalue weighted by Gasteiger charge is 1.98. The van der Waals surface area contributed by atoms with Gasteiger partial charge >= 0.3 is 0 Å². The molecule has 1 aromatic heterocycles. The van der Waals surface area contributed by atoms with E-state index in [9.17, 15) is 0 Å². The summed E-state index contributed by atoms with van der Waals surface area (Å²) in [5.41, 5.74) is 7.63. The van der Waals surface area contributed by atoms with Crippen LogP contribution in [0.3, 0.4) is 0 Å². The molecule has 84 valence electrons. The second-order valence-electron chi connectivity index (χ2n) is 3.76. The first-order valence-electron chi connectivity index (χ1n) is 5.26. The third-order valence-corrected chi connectivity index (χ3v) is 3.21. The number of aryl methyl sites for hydroxylation is 1. The normalized spacial score (nSPS) is 10.3. The minimum absolute atomic E-state index is 0.698. The SMILES string of the molecule is Cc1cc(N)cc(OCCc2cccs2)c1. The largest absolute Gasteiger partial charge is 0.493 e. The number of anilines is 1. The molecule has 0 saturated carbocycles. The van der Waals surface area contributed by atoms with Crippen LogP contribution in [0.25, 0.3) is 0 Å². The molecule has 16 heavy (non-hydrogen) atoms. The molecule has 2 N–H and O–H groups in total. The Bertz CT molecular complexity index is 431. The molecule has 0 aliphatic carbocycles. The van der Waals surface area contributed by atoms with Gasteiger partial charge < -0.3 is 10.5 Å². The van der Waals surface area contributed by atoms with Gasteiger partial charge in [-0.2, -0.15) is 0 Å². The summed E-state index contributed by atoms with van der Waals surface area (Å²) in [6, 6.07) is 9.99. The number of ether oxygens (including phenoxy) is 1. The smallest absolute Gasteiger partial charge is 0.121 e. The first-order chi connectivity index (χ1) is 7.74. The van der Waals surface area contributed by atoms with Crippen LogP contribution in [0.2, 0.25) is 0 Å². The summed E-state index contributed by atoms with van der Waals surface area (Å²) in [6.45, 7) is 2.71. The van der Waals surface area contributed by atoms with E-state index in [4.69, 9.17) is 10.5 Å². The van der Waals surface area contributed by atoms with Crippen molar-refractivity contribution in [3.05, 3.63) is 46.2 Å². The number of benzene rings is 1. The zero-order valence-electron chi connectivity index (χ0n) is 9.27. The molecule has 2 rings (SSSR count). The quantitative estimate of drug-likeness (QED) is 0.823. The zero-order valence-corrected chi connectivity index (χ0v) is 10.1. The van der Waals surface area contributed by atoms with E-state index in [1.165, 1.54) is 4.88 Å². The fourth-order valence-corrected chi connectivity index (χ4v) is 2.27. The lowest BCUT2D eigenvalue weighted by atomic mass is 10.2. The molecule has 0 atom stereocenters. The lowest BCUT2D eigenvalue weighted by Crippen LogP contribution is -2.00. The Balaban J connectivity index is 1.89. The highest BCUT2D eigenvalue weighted by Crippen LogP contribution is 2.18. The van der Waals surface area contributed by atoms with Crippen molar-refractivity contribution in [1.29, 1.82) is 0 Å². The maximum absolute atomic E-state index is 5.75. The average Bonchev–Trinajstić information content (AvgIpc) is 2.69. The second kappa shape index (κ2) is 5.03. The van der Waals surface area contributed by atoms with Crippen LogP contribution >= 0.6 is 11.3 Å². The minimum atomic E-state index is 0.698. The summed E-state index contributed by atoms with van der Waals surface area (Å²) < 4.78 is 5.67. The predicted molar refractivity (Wildman–Crippen MR) is 69.1 cm³/mol. The topological polar surface area (TPSA) is 35.2 Å². The van der Waals surface area contributed by atoms with Crippen LogP contribution in [0, 0.1) is 6.92 Å². The maximum Gasteiger partial charge on any atom is 0.121 e. The molecule has 2 aromatic rings. The summed E-state index contributed by atoms with van der Waals surface area (Å²) in [5.74, 6) is 0.856. The van der Waals surface area contributed by atoms with Gasteiger partial charge in [-0.25, -0.2) is 0 Å². The van der Waals surface area contributed by atoms with Gasteiger partial charge in [-0.1, -0.05) is 6.07 Å². The summed E-state index contributed by atoms with van der Waals surface area (Å²) in [7, 11) is 0. The van der Waals surface area contributed by atoms with Gasteiger partial charge in [0.05, 0.1) is 6.61 Å². The molecule has 0 radical (unpaired) electrons. The molecule has 0 amide bonds. The molecular formula is C13H15NOS. The standard InChI is InChI=1S/C13H15NOS/c1-10-7-11(14)9-12(8-10)15-5-4-13-3-2-6-16-13/h2-3,6-9H,4-5,14H2,1H3. The van der Waals surface area contributed by atoms with Gasteiger partial charge in [-0.3, -0.25) is 0 Å². The molecule has 0 unspecified atom stereocenters. The van der Waals surface area contributed by atoms with Crippen LogP contribution in [-0.2, 0) is 6.42 Å². The molecule has 1 heterocycles. The Kier molecular flexibility index (Phi) is 3.47. The van der Waals surface area contributed by atoms with Crippen LogP contribution in [0.1, 0.15) is 10.4 Å². The van der Waals surface area contributed by atoms with Crippen molar-refractivity contribution in [2.24, 2.45) is 0 Å². The van der Waals surface area contributed by atoms with Gasteiger partial charge in [0.25, 0.3) is 0 Å². The lowest BCUT2D eigenvalue weighted by Gasteiger charge is -2.07. The highest BCUT2D eigenvalue weighted by atomic mass is 32.1. The Morgan fingerprint density at radius 2 is 2.19 bits per heavy atom. The molecule has 0 fully saturated rings. The van der Waals surface area contributed by atoms with Crippen LogP contribution in [0.15, 0.2) is 35.7 Å². The Morgan fingerprint density at radius 3 is 2.88 bits per heavy atom. The zero-order chi connectivity index (χ0) is 11.4. The molecular weight excluding hydrogens is 218 g/mol. The summed E-state index contributed by atoms with van der Waals surface area (Å²) in [4.78, 5) is 1.35. The highest BCUT2D eigenvalue weighted by molar-refractivity contribution is 7.09. The average molecular weight is 233 g/mol. The maximum atomic E-state index is 5.75. The Labute approximate surface area is 99.7 Å². The molecule has 0 aliphatic heterocycles. The van der Waals surface area contributed by atoms with E-state index in [1.54, 1.807) is 11.3 Å². The van der Waals surface area contributed by atoms with Crippen LogP contribution in [0.5, 0.6) is 5.75 Å². The van der Waals surface area contributed by atoms with Crippen molar-refractivity contribution in [2.45, 2.75) is 13.3 Å². The first-order valence-corrected chi connectivity index (χ1v) is 6.14. The van der Waals surface area contributed by atoms with Crippen LogP contribution in [-0.4, -0.2) is 6.61 Å². The van der Waals surface area contributed by atoms with E-state index in [2.05, 4.69) is 17.5 Å². The molecule has 0 bridgehead atoms. The monoisotopic (exact) mass is 233 g/mol. The van der Waals surface area contributed by atoms with E-state index < -0.39 is 0 Å². The van der Waals surface area contributed by atoms with Crippen LogP contribution in [0.4, 0.5) is 5.69 Å². The van der Waals surface area contributed by atoms with Gasteiger partial charge in [0.2, 0.25) is 0 Å². The van der Waals surface area contributed by atoms with E-state index in [0.29, 0.717) is 6.61 Å². The number of thiophene rings is 1. The van der Waals surface area contributed by atoms with Gasteiger partial charge in [0.1, 0.15) is 5.75 Å². The van der Waals surface area contributed by atoms with E-state index in [1.807, 2.05) is 25.1 Å². The number of hydrogen-bond acceptors (Lipinski definition) is 3. The summed E-state index contributed by atoms with van der Waals surface area (Å²) in [6.07, 6.45) is 0.950. The van der Waals surface area contributed by atoms with Gasteiger partial charge in [0.15, 0.2) is 0 Å². The van der Waals surface area contributed by atoms with Crippen LogP contribution < -0.4 is 10.5 Å². The fourth-order valence-electron chi connectivity index (χ4n) is 1.58. The minimum Gasteiger partial charge on any atom is -0.493 e. The molecule has 3 heteroatoms. The number of rotatable bonds is 4. The number of nitrogens with two attached hydrogens (primary N) is 1. The van der Waals surface area contributed by atoms with Crippen molar-refractivity contribution in [2.75, 3.05) is 12.3 Å². The lowest BCUT2D eigenvalue weighted by molar-refractivity contribution is 0.323. The van der Waals surface area contributed by atoms with Crippen molar-refractivity contribution in [3.8, 4) is 5.75 Å². The summed E-state index contributed by atoms with van der Waals surface area (Å²) in [5, 5.41) is 2.08. The van der Waals surface area contributed by atoms with Crippen molar-refractivity contribution < 1.29 is 4.74 Å². The van der Waals surface area contributed by atoms with E-state index in [0.717, 1.165) is 23.4 Å². The molecule has 2 nitrogen and oxygen atoms in total. The van der Waals surface area contributed by atoms with Crippen molar-refractivity contribution in [1.82, 2.24) is 0 Å². The van der Waals surface area contributed by atoms with Gasteiger partial charge in [-0.15, -0.1) is 11.3 Å². The first kappa shape index (κ1) is 11.0. The van der Waals surface area contributed by atoms with Gasteiger partial charge in [0, 0.05) is 23.1 Å². The van der Waals surface area contributed by atoms with Crippen molar-refractivity contribution in [3.63, 3.8) is 0 Å². The van der Waals surface area contributed by atoms with Gasteiger partial charge in [-0.05, 0) is 36.1 Å². The molecule has 0 spiro atoms. The molecule has 1 aromatic carbocycles. The van der Waals surface area contributed by atoms with E-state index in [-0.39, 0.29) is 0 Å². The summed E-state index contributed by atoms with van der Waals surface area (Å²) >= 11 is 1.76. The Morgan fingerprint density at radius 1 is 1.31 bits per heavy atom. The van der Waals surface area contributed by atoms with Crippen molar-refractivity contribution >= 4 is 17.0 Å². The Hall–Kier alpha value is -1.48. The fraction of sp³-hybridized carbons (Fsp3) is 0.231. The molecule has 0 saturated heterocycles. The van der Waals surface area contributed by atoms with E-state index >= 15 is 0 Å². The third kappa shape index (κ3) is 3.00. The number of hydrogen-bond donors (Lipinski definition) is 1. The third-order valence-electron chi connectivity index (χ3n) is 2.27. The second-order valence-corrected chi connectivity index (χ2v) is 4.79. The molecule has 0 aliphatic rings. The number of nitrogen functional groups attached to an aromatic ring is 1.